The van der Waals surface area contributed by atoms with Crippen LogP contribution in [0.2, 0.25) is 0 Å². The molecule has 1 aliphatic heterocycles. The van der Waals surface area contributed by atoms with Crippen molar-refractivity contribution in [1.29, 1.82) is 0 Å². The van der Waals surface area contributed by atoms with Crippen molar-refractivity contribution in [1.82, 2.24) is 0 Å². The Kier molecular flexibility index (Phi) is 3.06. The van der Waals surface area contributed by atoms with Gasteiger partial charge < -0.3 is 19.7 Å². The van der Waals surface area contributed by atoms with Crippen LogP contribution in [0.15, 0.2) is 0 Å². The third-order valence-electron chi connectivity index (χ3n) is 2.49. The second-order valence-electron chi connectivity index (χ2n) is 3.29. The third kappa shape index (κ3) is 1.61. The molecule has 0 aliphatic carbocycles. The summed E-state index contributed by atoms with van der Waals surface area (Å²) >= 11 is 0. The fourth-order valence-electron chi connectivity index (χ4n) is 1.36. The predicted octanol–water partition coefficient (Wildman–Crippen LogP) is -0.264. The molecule has 12 heavy (non-hydrogen) atoms. The monoisotopic (exact) mass is 176 g/mol. The van der Waals surface area contributed by atoms with Gasteiger partial charge in [-0.15, -0.1) is 0 Å². The lowest BCUT2D eigenvalue weighted by Crippen LogP contribution is -2.53. The molecular weight excluding hydrogens is 160 g/mol. The van der Waals surface area contributed by atoms with Gasteiger partial charge in [0.15, 0.2) is 6.29 Å². The van der Waals surface area contributed by atoms with E-state index in [4.69, 9.17) is 9.47 Å². The van der Waals surface area contributed by atoms with E-state index in [1.165, 1.54) is 7.11 Å². The summed E-state index contributed by atoms with van der Waals surface area (Å²) < 4.78 is 10.2. The quantitative estimate of drug-likeness (QED) is 0.577. The highest BCUT2D eigenvalue weighted by atomic mass is 16.7. The summed E-state index contributed by atoms with van der Waals surface area (Å²) in [7, 11) is 1.45. The van der Waals surface area contributed by atoms with Crippen LogP contribution in [-0.4, -0.2) is 41.9 Å². The number of ether oxygens (including phenoxy) is 2. The first-order valence-electron chi connectivity index (χ1n) is 4.12. The van der Waals surface area contributed by atoms with Gasteiger partial charge in [-0.2, -0.15) is 0 Å². The Morgan fingerprint density at radius 2 is 1.75 bits per heavy atom. The fourth-order valence-corrected chi connectivity index (χ4v) is 1.36. The molecule has 0 spiro atoms. The maximum absolute atomic E-state index is 9.51. The van der Waals surface area contributed by atoms with Crippen molar-refractivity contribution in [2.75, 3.05) is 7.11 Å². The molecule has 0 aromatic carbocycles. The molecule has 0 amide bonds. The molecule has 4 heteroatoms. The van der Waals surface area contributed by atoms with Crippen LogP contribution in [-0.2, 0) is 9.47 Å². The molecule has 1 fully saturated rings. The average molecular weight is 176 g/mol. The van der Waals surface area contributed by atoms with Crippen molar-refractivity contribution >= 4 is 0 Å². The van der Waals surface area contributed by atoms with E-state index >= 15 is 0 Å². The molecule has 0 aromatic heterocycles. The Morgan fingerprint density at radius 1 is 1.17 bits per heavy atom. The zero-order chi connectivity index (χ0) is 9.30. The molecule has 3 unspecified atom stereocenters. The highest BCUT2D eigenvalue weighted by Crippen LogP contribution is 2.25. The van der Waals surface area contributed by atoms with Gasteiger partial charge in [-0.25, -0.2) is 0 Å². The molecule has 1 saturated heterocycles. The molecule has 5 atom stereocenters. The standard InChI is InChI=1S/C8H16O4/c1-4-5(2)12-8(11-3)7(10)6(4)9/h4-10H,1-3H3/t4-,5?,6?,7?,8+/m1/s1. The molecule has 0 radical (unpaired) electrons. The van der Waals surface area contributed by atoms with E-state index < -0.39 is 18.5 Å². The van der Waals surface area contributed by atoms with Crippen LogP contribution in [0.25, 0.3) is 0 Å². The molecule has 4 nitrogen and oxygen atoms in total. The first-order chi connectivity index (χ1) is 5.57. The fraction of sp³-hybridized carbons (Fsp3) is 1.00. The van der Waals surface area contributed by atoms with Crippen molar-refractivity contribution in [2.45, 2.75) is 38.4 Å². The highest BCUT2D eigenvalue weighted by molar-refractivity contribution is 4.84. The minimum atomic E-state index is -0.943. The number of rotatable bonds is 1. The molecule has 2 N–H and O–H groups in total. The van der Waals surface area contributed by atoms with E-state index in [0.717, 1.165) is 0 Å². The number of aliphatic hydroxyl groups excluding tert-OH is 2. The van der Waals surface area contributed by atoms with Gasteiger partial charge in [0.2, 0.25) is 0 Å². The molecule has 0 bridgehead atoms. The Morgan fingerprint density at radius 3 is 2.25 bits per heavy atom. The third-order valence-corrected chi connectivity index (χ3v) is 2.49. The van der Waals surface area contributed by atoms with Crippen LogP contribution >= 0.6 is 0 Å². The number of aliphatic hydroxyl groups is 2. The van der Waals surface area contributed by atoms with Gasteiger partial charge in [-0.1, -0.05) is 6.92 Å². The van der Waals surface area contributed by atoms with Gasteiger partial charge in [0, 0.05) is 13.0 Å². The van der Waals surface area contributed by atoms with Gasteiger partial charge >= 0.3 is 0 Å². The van der Waals surface area contributed by atoms with Crippen molar-refractivity contribution in [3.05, 3.63) is 0 Å². The van der Waals surface area contributed by atoms with Gasteiger partial charge in [0.1, 0.15) is 6.10 Å². The summed E-state index contributed by atoms with van der Waals surface area (Å²) in [4.78, 5) is 0. The minimum Gasteiger partial charge on any atom is -0.390 e. The summed E-state index contributed by atoms with van der Waals surface area (Å²) in [5, 5.41) is 18.9. The van der Waals surface area contributed by atoms with Gasteiger partial charge in [-0.3, -0.25) is 0 Å². The van der Waals surface area contributed by atoms with Crippen molar-refractivity contribution < 1.29 is 19.7 Å². The van der Waals surface area contributed by atoms with Crippen LogP contribution in [0.3, 0.4) is 0 Å². The average Bonchev–Trinajstić information content (AvgIpc) is 2.08. The summed E-state index contributed by atoms with van der Waals surface area (Å²) in [6.07, 6.45) is -2.50. The summed E-state index contributed by atoms with van der Waals surface area (Å²) in [5.41, 5.74) is 0. The topological polar surface area (TPSA) is 58.9 Å². The lowest BCUT2D eigenvalue weighted by Gasteiger charge is -2.39. The SMILES string of the molecule is CO[C@H]1OC(C)[C@@H](C)C(O)C1O. The van der Waals surface area contributed by atoms with E-state index in [9.17, 15) is 10.2 Å². The van der Waals surface area contributed by atoms with Crippen LogP contribution in [0.1, 0.15) is 13.8 Å². The Labute approximate surface area is 72.1 Å². The maximum Gasteiger partial charge on any atom is 0.185 e. The van der Waals surface area contributed by atoms with E-state index in [1.54, 1.807) is 0 Å². The number of hydrogen-bond donors (Lipinski definition) is 2. The first-order valence-corrected chi connectivity index (χ1v) is 4.12. The van der Waals surface area contributed by atoms with Crippen molar-refractivity contribution in [3.63, 3.8) is 0 Å². The lowest BCUT2D eigenvalue weighted by atomic mass is 9.92. The van der Waals surface area contributed by atoms with Crippen LogP contribution in [0, 0.1) is 5.92 Å². The smallest absolute Gasteiger partial charge is 0.185 e. The maximum atomic E-state index is 9.51. The van der Waals surface area contributed by atoms with Crippen molar-refractivity contribution in [2.24, 2.45) is 5.92 Å². The van der Waals surface area contributed by atoms with Crippen molar-refractivity contribution in [3.8, 4) is 0 Å². The molecule has 1 aliphatic rings. The molecule has 1 rings (SSSR count). The molecule has 72 valence electrons. The van der Waals surface area contributed by atoms with Gasteiger partial charge in [0.05, 0.1) is 12.2 Å². The van der Waals surface area contributed by atoms with E-state index in [1.807, 2.05) is 13.8 Å². The number of methoxy groups -OCH3 is 1. The van der Waals surface area contributed by atoms with Crippen LogP contribution in [0.4, 0.5) is 0 Å². The second-order valence-corrected chi connectivity index (χ2v) is 3.29. The number of hydrogen-bond acceptors (Lipinski definition) is 4. The molecule has 0 aromatic rings. The zero-order valence-corrected chi connectivity index (χ0v) is 7.60. The summed E-state index contributed by atoms with van der Waals surface area (Å²) in [6.45, 7) is 3.69. The Balaban J connectivity index is 2.63. The second kappa shape index (κ2) is 3.70. The van der Waals surface area contributed by atoms with Gasteiger partial charge in [0.25, 0.3) is 0 Å². The summed E-state index contributed by atoms with van der Waals surface area (Å²) in [6, 6.07) is 0. The van der Waals surface area contributed by atoms with Crippen LogP contribution in [0.5, 0.6) is 0 Å². The highest BCUT2D eigenvalue weighted by Gasteiger charge is 2.40. The largest absolute Gasteiger partial charge is 0.390 e. The molecular formula is C8H16O4. The zero-order valence-electron chi connectivity index (χ0n) is 7.60. The van der Waals surface area contributed by atoms with Crippen LogP contribution < -0.4 is 0 Å². The summed E-state index contributed by atoms with van der Waals surface area (Å²) in [5.74, 6) is -0.0635. The van der Waals surface area contributed by atoms with E-state index in [-0.39, 0.29) is 12.0 Å². The Hall–Kier alpha value is -0.160. The normalized spacial score (nSPS) is 49.2. The predicted molar refractivity (Wildman–Crippen MR) is 42.5 cm³/mol. The molecule has 0 saturated carbocycles. The van der Waals surface area contributed by atoms with Gasteiger partial charge in [-0.05, 0) is 6.92 Å². The first kappa shape index (κ1) is 9.92. The minimum absolute atomic E-state index is 0.0635. The van der Waals surface area contributed by atoms with E-state index in [2.05, 4.69) is 0 Å². The lowest BCUT2D eigenvalue weighted by molar-refractivity contribution is -0.271. The Bertz CT molecular complexity index is 145. The van der Waals surface area contributed by atoms with E-state index in [0.29, 0.717) is 0 Å². The molecule has 1 heterocycles.